The summed E-state index contributed by atoms with van der Waals surface area (Å²) in [6, 6.07) is 0. The fraction of sp³-hybridized carbons (Fsp3) is 1.00. The largest absolute Gasteiger partial charge is 0.461 e. The van der Waals surface area contributed by atoms with Crippen molar-refractivity contribution in [2.45, 2.75) is 39.0 Å². The molecule has 0 aromatic rings. The van der Waals surface area contributed by atoms with Gasteiger partial charge in [0.2, 0.25) is 0 Å². The van der Waals surface area contributed by atoms with E-state index in [9.17, 15) is 8.76 Å². The van der Waals surface area contributed by atoms with Gasteiger partial charge in [0.15, 0.2) is 0 Å². The van der Waals surface area contributed by atoms with E-state index < -0.39 is 7.03 Å². The van der Waals surface area contributed by atoms with E-state index in [4.69, 9.17) is 11.2 Å². The van der Waals surface area contributed by atoms with Crippen molar-refractivity contribution in [1.82, 2.24) is 0 Å². The first kappa shape index (κ1) is 12.4. The molecule has 0 aromatic heterocycles. The molecule has 0 heterocycles. The smallest absolute Gasteiger partial charge is 0.294 e. The number of hydrogen-bond acceptors (Lipinski definition) is 2. The van der Waals surface area contributed by atoms with Crippen LogP contribution in [-0.2, 0) is 9.09 Å². The molecule has 74 valence electrons. The van der Waals surface area contributed by atoms with E-state index in [-0.39, 0.29) is 6.61 Å². The van der Waals surface area contributed by atoms with E-state index in [0.29, 0.717) is 0 Å². The van der Waals surface area contributed by atoms with Crippen molar-refractivity contribution < 1.29 is 13.3 Å². The molecule has 0 spiro atoms. The van der Waals surface area contributed by atoms with Crippen LogP contribution in [-0.4, -0.2) is 6.61 Å². The molecule has 0 aliphatic heterocycles. The number of halogens is 2. The van der Waals surface area contributed by atoms with E-state index in [2.05, 4.69) is 11.4 Å². The summed E-state index contributed by atoms with van der Waals surface area (Å²) in [6.07, 6.45) is 5.15. The highest BCUT2D eigenvalue weighted by Gasteiger charge is 2.15. The Morgan fingerprint density at radius 3 is 2.42 bits per heavy atom. The van der Waals surface area contributed by atoms with Crippen LogP contribution in [0.1, 0.15) is 39.0 Å². The summed E-state index contributed by atoms with van der Waals surface area (Å²) in [7, 11) is -4.25. The standard InChI is InChI=1S/C7H15ClFO2P/c1-2-3-4-5-6-7-11-12(8,9)10/h2-7H2,1H3. The normalized spacial score (nSPS) is 15.9. The average Bonchev–Trinajstić information content (AvgIpc) is 1.94. The molecule has 1 atom stereocenters. The molecular weight excluding hydrogens is 201 g/mol. The van der Waals surface area contributed by atoms with Crippen LogP contribution in [0.4, 0.5) is 4.20 Å². The van der Waals surface area contributed by atoms with Crippen LogP contribution in [0.5, 0.6) is 0 Å². The van der Waals surface area contributed by atoms with Crippen molar-refractivity contribution in [3.63, 3.8) is 0 Å². The summed E-state index contributed by atoms with van der Waals surface area (Å²) in [5, 5.41) is 0. The Bertz CT molecular complexity index is 148. The van der Waals surface area contributed by atoms with Gasteiger partial charge in [-0.05, 0) is 6.42 Å². The third kappa shape index (κ3) is 10.4. The zero-order chi connectivity index (χ0) is 9.45. The summed E-state index contributed by atoms with van der Waals surface area (Å²) in [4.78, 5) is 0. The zero-order valence-electron chi connectivity index (χ0n) is 7.26. The third-order valence-corrected chi connectivity index (χ3v) is 2.27. The second-order valence-electron chi connectivity index (χ2n) is 2.66. The van der Waals surface area contributed by atoms with Crippen LogP contribution < -0.4 is 0 Å². The Kier molecular flexibility index (Phi) is 7.11. The predicted octanol–water partition coefficient (Wildman–Crippen LogP) is 4.29. The van der Waals surface area contributed by atoms with Crippen LogP contribution in [0.3, 0.4) is 0 Å². The van der Waals surface area contributed by atoms with Gasteiger partial charge < -0.3 is 0 Å². The molecule has 0 amide bonds. The van der Waals surface area contributed by atoms with E-state index in [1.807, 2.05) is 0 Å². The van der Waals surface area contributed by atoms with Gasteiger partial charge in [-0.3, -0.25) is 4.52 Å². The fourth-order valence-corrected chi connectivity index (χ4v) is 1.43. The first-order chi connectivity index (χ1) is 5.56. The maximum absolute atomic E-state index is 12.1. The molecule has 5 heteroatoms. The summed E-state index contributed by atoms with van der Waals surface area (Å²) >= 11 is 4.74. The second kappa shape index (κ2) is 6.88. The van der Waals surface area contributed by atoms with Crippen molar-refractivity contribution >= 4 is 18.3 Å². The van der Waals surface area contributed by atoms with Gasteiger partial charge in [-0.1, -0.05) is 32.6 Å². The Morgan fingerprint density at radius 2 is 1.92 bits per heavy atom. The lowest BCUT2D eigenvalue weighted by atomic mass is 10.2. The summed E-state index contributed by atoms with van der Waals surface area (Å²) in [6.45, 7) is 2.27. The van der Waals surface area contributed by atoms with Crippen LogP contribution in [0.15, 0.2) is 0 Å². The summed E-state index contributed by atoms with van der Waals surface area (Å²) in [5.41, 5.74) is 0. The van der Waals surface area contributed by atoms with Crippen LogP contribution in [0, 0.1) is 0 Å². The molecule has 0 saturated carbocycles. The Balaban J connectivity index is 3.06. The number of unbranched alkanes of at least 4 members (excludes halogenated alkanes) is 4. The lowest BCUT2D eigenvalue weighted by Crippen LogP contribution is -1.87. The van der Waals surface area contributed by atoms with E-state index in [1.165, 1.54) is 6.42 Å². The third-order valence-electron chi connectivity index (χ3n) is 1.49. The van der Waals surface area contributed by atoms with Crippen molar-refractivity contribution in [3.05, 3.63) is 0 Å². The lowest BCUT2D eigenvalue weighted by Gasteiger charge is -2.01. The van der Waals surface area contributed by atoms with Gasteiger partial charge in [0.05, 0.1) is 6.61 Å². The van der Waals surface area contributed by atoms with Crippen molar-refractivity contribution in [1.29, 1.82) is 0 Å². The SMILES string of the molecule is CCCCCCCOP(=O)(F)Cl. The monoisotopic (exact) mass is 216 g/mol. The molecule has 12 heavy (non-hydrogen) atoms. The highest BCUT2D eigenvalue weighted by Crippen LogP contribution is 2.53. The van der Waals surface area contributed by atoms with Crippen molar-refractivity contribution in [2.75, 3.05) is 6.61 Å². The molecule has 0 aliphatic rings. The van der Waals surface area contributed by atoms with Gasteiger partial charge in [-0.15, -0.1) is 4.20 Å². The van der Waals surface area contributed by atoms with Crippen LogP contribution >= 0.6 is 18.3 Å². The molecule has 0 radical (unpaired) electrons. The minimum absolute atomic E-state index is 0.154. The highest BCUT2D eigenvalue weighted by molar-refractivity contribution is 7.81. The fourth-order valence-electron chi connectivity index (χ4n) is 0.876. The topological polar surface area (TPSA) is 26.3 Å². The molecule has 2 nitrogen and oxygen atoms in total. The maximum Gasteiger partial charge on any atom is 0.461 e. The highest BCUT2D eigenvalue weighted by atomic mass is 35.7. The minimum Gasteiger partial charge on any atom is -0.294 e. The lowest BCUT2D eigenvalue weighted by molar-refractivity contribution is 0.290. The van der Waals surface area contributed by atoms with Gasteiger partial charge in [0.25, 0.3) is 0 Å². The van der Waals surface area contributed by atoms with Gasteiger partial charge >= 0.3 is 7.03 Å². The first-order valence-electron chi connectivity index (χ1n) is 4.20. The Labute approximate surface area is 77.8 Å². The zero-order valence-corrected chi connectivity index (χ0v) is 8.91. The van der Waals surface area contributed by atoms with Crippen molar-refractivity contribution in [2.24, 2.45) is 0 Å². The average molecular weight is 217 g/mol. The number of hydrogen-bond donors (Lipinski definition) is 0. The molecule has 1 unspecified atom stereocenters. The minimum atomic E-state index is -4.25. The van der Waals surface area contributed by atoms with Gasteiger partial charge in [0.1, 0.15) is 0 Å². The predicted molar refractivity (Wildman–Crippen MR) is 49.3 cm³/mol. The summed E-state index contributed by atoms with van der Waals surface area (Å²) in [5.74, 6) is 0. The van der Waals surface area contributed by atoms with E-state index in [1.54, 1.807) is 0 Å². The molecule has 0 bridgehead atoms. The van der Waals surface area contributed by atoms with Gasteiger partial charge in [-0.2, -0.15) is 0 Å². The van der Waals surface area contributed by atoms with Gasteiger partial charge in [-0.25, -0.2) is 4.57 Å². The second-order valence-corrected chi connectivity index (χ2v) is 4.96. The van der Waals surface area contributed by atoms with E-state index >= 15 is 0 Å². The molecule has 0 aromatic carbocycles. The first-order valence-corrected chi connectivity index (χ1v) is 6.62. The number of rotatable bonds is 7. The van der Waals surface area contributed by atoms with Crippen molar-refractivity contribution in [3.8, 4) is 0 Å². The molecule has 0 saturated heterocycles. The summed E-state index contributed by atoms with van der Waals surface area (Å²) < 4.78 is 26.5. The van der Waals surface area contributed by atoms with E-state index in [0.717, 1.165) is 25.7 Å². The molecule has 0 rings (SSSR count). The van der Waals surface area contributed by atoms with Crippen LogP contribution in [0.2, 0.25) is 0 Å². The molecule has 0 aliphatic carbocycles. The Hall–Kier alpha value is 0.410. The Morgan fingerprint density at radius 1 is 1.33 bits per heavy atom. The molecule has 0 fully saturated rings. The molecule has 0 N–H and O–H groups in total. The molecular formula is C7H15ClFO2P. The quantitative estimate of drug-likeness (QED) is 0.469. The maximum atomic E-state index is 12.1. The van der Waals surface area contributed by atoms with Crippen LogP contribution in [0.25, 0.3) is 0 Å². The van der Waals surface area contributed by atoms with Gasteiger partial charge in [0, 0.05) is 11.2 Å².